The zero-order valence-electron chi connectivity index (χ0n) is 11.8. The number of carbonyl (C=O) groups excluding carboxylic acids is 1. The van der Waals surface area contributed by atoms with Crippen LogP contribution in [0.25, 0.3) is 0 Å². The number of hydrogen-bond donors (Lipinski definition) is 2. The third kappa shape index (κ3) is 3.60. The highest BCUT2D eigenvalue weighted by molar-refractivity contribution is 7.13. The van der Waals surface area contributed by atoms with Gasteiger partial charge < -0.3 is 21.1 Å². The summed E-state index contributed by atoms with van der Waals surface area (Å²) in [6.45, 7) is 6.78. The van der Waals surface area contributed by atoms with Crippen molar-refractivity contribution in [1.29, 1.82) is 0 Å². The minimum Gasteiger partial charge on any atom is -0.444 e. The maximum absolute atomic E-state index is 11.8. The topological polar surface area (TPSA) is 107 Å². The van der Waals surface area contributed by atoms with Crippen molar-refractivity contribution in [2.45, 2.75) is 32.3 Å². The summed E-state index contributed by atoms with van der Waals surface area (Å²) in [6.07, 6.45) is -0.284. The molecule has 110 valence electrons. The summed E-state index contributed by atoms with van der Waals surface area (Å²) in [6, 6.07) is 0. The van der Waals surface area contributed by atoms with E-state index in [0.717, 1.165) is 5.69 Å². The van der Waals surface area contributed by atoms with Gasteiger partial charge in [0, 0.05) is 24.4 Å². The highest BCUT2D eigenvalue weighted by Crippen LogP contribution is 2.31. The quantitative estimate of drug-likeness (QED) is 0.633. The van der Waals surface area contributed by atoms with Crippen LogP contribution in [0.5, 0.6) is 0 Å². The Morgan fingerprint density at radius 1 is 1.50 bits per heavy atom. The maximum Gasteiger partial charge on any atom is 0.410 e. The molecule has 2 rings (SSSR count). The van der Waals surface area contributed by atoms with Crippen LogP contribution in [0, 0.1) is 0 Å². The van der Waals surface area contributed by atoms with Crippen LogP contribution in [0.1, 0.15) is 32.4 Å². The van der Waals surface area contributed by atoms with E-state index >= 15 is 0 Å². The number of rotatable bonds is 2. The number of thiazole rings is 1. The maximum atomic E-state index is 11.8. The second-order valence-corrected chi connectivity index (χ2v) is 6.51. The molecule has 0 radical (unpaired) electrons. The molecule has 20 heavy (non-hydrogen) atoms. The van der Waals surface area contributed by atoms with Crippen molar-refractivity contribution in [2.24, 2.45) is 16.5 Å². The molecule has 0 aliphatic carbocycles. The number of aromatic nitrogens is 1. The molecule has 1 aliphatic heterocycles. The first kappa shape index (κ1) is 14.6. The minimum absolute atomic E-state index is 0.00473. The van der Waals surface area contributed by atoms with Crippen LogP contribution in [0.4, 0.5) is 9.93 Å². The van der Waals surface area contributed by atoms with Crippen molar-refractivity contribution in [3.05, 3.63) is 11.1 Å². The number of carbonyl (C=O) groups is 1. The highest BCUT2D eigenvalue weighted by Gasteiger charge is 2.35. The van der Waals surface area contributed by atoms with Crippen LogP contribution in [0.3, 0.4) is 0 Å². The van der Waals surface area contributed by atoms with Gasteiger partial charge >= 0.3 is 6.09 Å². The average Bonchev–Trinajstić information content (AvgIpc) is 2.59. The summed E-state index contributed by atoms with van der Waals surface area (Å²) < 4.78 is 5.30. The van der Waals surface area contributed by atoms with Gasteiger partial charge in [-0.15, -0.1) is 11.3 Å². The predicted molar refractivity (Wildman–Crippen MR) is 78.1 cm³/mol. The van der Waals surface area contributed by atoms with E-state index in [1.165, 1.54) is 11.3 Å². The van der Waals surface area contributed by atoms with Crippen molar-refractivity contribution < 1.29 is 9.53 Å². The van der Waals surface area contributed by atoms with Crippen molar-refractivity contribution in [1.82, 2.24) is 9.88 Å². The summed E-state index contributed by atoms with van der Waals surface area (Å²) in [5.74, 6) is 0.219. The molecule has 4 N–H and O–H groups in total. The molecule has 0 saturated carbocycles. The lowest BCUT2D eigenvalue weighted by Gasteiger charge is -2.38. The zero-order chi connectivity index (χ0) is 14.9. The summed E-state index contributed by atoms with van der Waals surface area (Å²) in [5.41, 5.74) is 11.0. The molecular weight excluding hydrogens is 278 g/mol. The molecule has 1 amide bonds. The number of likely N-dealkylation sites (tertiary alicyclic amines) is 1. The van der Waals surface area contributed by atoms with Gasteiger partial charge in [0.25, 0.3) is 0 Å². The normalized spacial score (nSPS) is 15.7. The molecule has 0 aromatic carbocycles. The Morgan fingerprint density at radius 3 is 2.70 bits per heavy atom. The van der Waals surface area contributed by atoms with Gasteiger partial charge in [-0.05, 0) is 20.8 Å². The molecule has 1 aromatic heterocycles. The fraction of sp³-hybridized carbons (Fsp3) is 0.583. The third-order valence-corrected chi connectivity index (χ3v) is 3.44. The second-order valence-electron chi connectivity index (χ2n) is 5.67. The SMILES string of the molecule is CC(C)(C)OC(=O)N1CC(c2csc(N=C(N)N)n2)C1. The van der Waals surface area contributed by atoms with Crippen LogP contribution >= 0.6 is 11.3 Å². The molecule has 0 bridgehead atoms. The van der Waals surface area contributed by atoms with E-state index in [-0.39, 0.29) is 18.0 Å². The first-order chi connectivity index (χ1) is 9.24. The summed E-state index contributed by atoms with van der Waals surface area (Å²) in [4.78, 5) is 21.7. The van der Waals surface area contributed by atoms with Crippen LogP contribution in [0.15, 0.2) is 10.4 Å². The Balaban J connectivity index is 1.89. The molecule has 1 saturated heterocycles. The highest BCUT2D eigenvalue weighted by atomic mass is 32.1. The first-order valence-electron chi connectivity index (χ1n) is 6.27. The van der Waals surface area contributed by atoms with Gasteiger partial charge in [0.1, 0.15) is 5.60 Å². The fourth-order valence-electron chi connectivity index (χ4n) is 1.77. The van der Waals surface area contributed by atoms with Crippen LogP contribution in [0.2, 0.25) is 0 Å². The van der Waals surface area contributed by atoms with Crippen molar-refractivity contribution in [3.63, 3.8) is 0 Å². The lowest BCUT2D eigenvalue weighted by molar-refractivity contribution is 0.00793. The van der Waals surface area contributed by atoms with Gasteiger partial charge in [0.15, 0.2) is 5.96 Å². The predicted octanol–water partition coefficient (Wildman–Crippen LogP) is 1.38. The second kappa shape index (κ2) is 5.28. The van der Waals surface area contributed by atoms with Crippen molar-refractivity contribution in [3.8, 4) is 0 Å². The van der Waals surface area contributed by atoms with Gasteiger partial charge in [-0.25, -0.2) is 9.78 Å². The van der Waals surface area contributed by atoms with E-state index in [1.54, 1.807) is 4.90 Å². The van der Waals surface area contributed by atoms with Gasteiger partial charge in [-0.2, -0.15) is 4.99 Å². The smallest absolute Gasteiger partial charge is 0.410 e. The largest absolute Gasteiger partial charge is 0.444 e. The van der Waals surface area contributed by atoms with Crippen molar-refractivity contribution >= 4 is 28.5 Å². The van der Waals surface area contributed by atoms with Crippen molar-refractivity contribution in [2.75, 3.05) is 13.1 Å². The van der Waals surface area contributed by atoms with Gasteiger partial charge in [-0.3, -0.25) is 0 Å². The van der Waals surface area contributed by atoms with E-state index in [0.29, 0.717) is 18.2 Å². The number of ether oxygens (including phenoxy) is 1. The van der Waals surface area contributed by atoms with E-state index in [9.17, 15) is 4.79 Å². The van der Waals surface area contributed by atoms with Gasteiger partial charge in [0.2, 0.25) is 5.13 Å². The van der Waals surface area contributed by atoms with E-state index in [1.807, 2.05) is 26.2 Å². The Bertz CT molecular complexity index is 524. The molecule has 2 heterocycles. The minimum atomic E-state index is -0.469. The fourth-order valence-corrected chi connectivity index (χ4v) is 2.55. The number of amides is 1. The van der Waals surface area contributed by atoms with Gasteiger partial charge in [-0.1, -0.05) is 0 Å². The standard InChI is InChI=1S/C12H19N5O2S/c1-12(2,3)19-11(18)17-4-7(5-17)8-6-20-10(15-8)16-9(13)14/h6-7H,4-5H2,1-3H3,(H4,13,14,15,16). The monoisotopic (exact) mass is 297 g/mol. The van der Waals surface area contributed by atoms with E-state index < -0.39 is 5.60 Å². The Hall–Kier alpha value is -1.83. The molecule has 1 aromatic rings. The van der Waals surface area contributed by atoms with Gasteiger partial charge in [0.05, 0.1) is 5.69 Å². The summed E-state index contributed by atoms with van der Waals surface area (Å²) in [5, 5.41) is 2.45. The number of guanidine groups is 1. The molecule has 7 nitrogen and oxygen atoms in total. The molecule has 0 atom stereocenters. The molecule has 8 heteroatoms. The number of nitrogens with zero attached hydrogens (tertiary/aromatic N) is 3. The number of nitrogens with two attached hydrogens (primary N) is 2. The molecular formula is C12H19N5O2S. The lowest BCUT2D eigenvalue weighted by atomic mass is 9.98. The van der Waals surface area contributed by atoms with E-state index in [2.05, 4.69) is 9.98 Å². The third-order valence-electron chi connectivity index (χ3n) is 2.69. The average molecular weight is 297 g/mol. The first-order valence-corrected chi connectivity index (χ1v) is 7.15. The number of aliphatic imine (C=N–C) groups is 1. The lowest BCUT2D eigenvalue weighted by Crippen LogP contribution is -2.50. The Labute approximate surface area is 121 Å². The molecule has 0 spiro atoms. The van der Waals surface area contributed by atoms with Crippen LogP contribution in [-0.2, 0) is 4.74 Å². The molecule has 0 unspecified atom stereocenters. The summed E-state index contributed by atoms with van der Waals surface area (Å²) >= 11 is 1.38. The number of hydrogen-bond acceptors (Lipinski definition) is 5. The molecule has 1 aliphatic rings. The zero-order valence-corrected chi connectivity index (χ0v) is 12.6. The molecule has 1 fully saturated rings. The summed E-state index contributed by atoms with van der Waals surface area (Å²) in [7, 11) is 0. The van der Waals surface area contributed by atoms with E-state index in [4.69, 9.17) is 16.2 Å². The van der Waals surface area contributed by atoms with Crippen LogP contribution < -0.4 is 11.5 Å². The van der Waals surface area contributed by atoms with Crippen LogP contribution in [-0.4, -0.2) is 40.6 Å². The Kier molecular flexibility index (Phi) is 3.85. The Morgan fingerprint density at radius 2 is 2.15 bits per heavy atom.